The van der Waals surface area contributed by atoms with Gasteiger partial charge in [-0.15, -0.1) is 0 Å². The fourth-order valence-corrected chi connectivity index (χ4v) is 1.94. The van der Waals surface area contributed by atoms with E-state index < -0.39 is 16.8 Å². The zero-order valence-electron chi connectivity index (χ0n) is 11.6. The molecule has 0 bridgehead atoms. The van der Waals surface area contributed by atoms with E-state index in [1.54, 1.807) is 19.1 Å². The number of aliphatic carboxylic acids is 1. The Morgan fingerprint density at radius 1 is 1.38 bits per heavy atom. The fraction of sp³-hybridized carbons (Fsp3) is 0.267. The van der Waals surface area contributed by atoms with Gasteiger partial charge in [-0.25, -0.2) is 9.59 Å². The number of carboxylic acids is 1. The second-order valence-electron chi connectivity index (χ2n) is 4.21. The smallest absolute Gasteiger partial charge is 0.338 e. The summed E-state index contributed by atoms with van der Waals surface area (Å²) in [6, 6.07) is 4.77. The summed E-state index contributed by atoms with van der Waals surface area (Å²) in [5.74, 6) is -1.78. The lowest BCUT2D eigenvalue weighted by molar-refractivity contribution is -0.131. The van der Waals surface area contributed by atoms with Crippen LogP contribution in [0.4, 0.5) is 0 Å². The Labute approximate surface area is 130 Å². The molecule has 0 fully saturated rings. The molecule has 0 spiro atoms. The van der Waals surface area contributed by atoms with Crippen molar-refractivity contribution in [3.8, 4) is 0 Å². The molecule has 0 saturated heterocycles. The summed E-state index contributed by atoms with van der Waals surface area (Å²) in [5, 5.41) is 8.67. The molecule has 21 heavy (non-hydrogen) atoms. The van der Waals surface area contributed by atoms with E-state index in [1.807, 2.05) is 0 Å². The number of ketones is 1. The van der Waals surface area contributed by atoms with E-state index in [2.05, 4.69) is 15.9 Å². The first-order valence-electron chi connectivity index (χ1n) is 6.23. The lowest BCUT2D eigenvalue weighted by Crippen LogP contribution is -2.09. The molecule has 112 valence electrons. The molecule has 0 heterocycles. The van der Waals surface area contributed by atoms with E-state index in [1.165, 1.54) is 19.1 Å². The quantitative estimate of drug-likeness (QED) is 0.482. The Kier molecular flexibility index (Phi) is 6.30. The van der Waals surface area contributed by atoms with Crippen LogP contribution in [0.2, 0.25) is 0 Å². The normalized spacial score (nSPS) is 12.1. The van der Waals surface area contributed by atoms with Crippen LogP contribution in [-0.2, 0) is 14.3 Å². The summed E-state index contributed by atoms with van der Waals surface area (Å²) < 4.78 is 4.95. The summed E-state index contributed by atoms with van der Waals surface area (Å²) in [7, 11) is 0. The molecule has 0 aromatic heterocycles. The van der Waals surface area contributed by atoms with E-state index in [-0.39, 0.29) is 18.0 Å². The average molecular weight is 355 g/mol. The molecule has 0 radical (unpaired) electrons. The number of carbonyl (C=O) groups is 3. The zero-order chi connectivity index (χ0) is 16.0. The summed E-state index contributed by atoms with van der Waals surface area (Å²) in [6.45, 7) is 3.31. The second-order valence-corrected chi connectivity index (χ2v) is 5.13. The van der Waals surface area contributed by atoms with Gasteiger partial charge in [0.25, 0.3) is 0 Å². The summed E-state index contributed by atoms with van der Waals surface area (Å²) in [5.41, 5.74) is 1.25. The lowest BCUT2D eigenvalue weighted by Gasteiger charge is -2.11. The van der Waals surface area contributed by atoms with Gasteiger partial charge in [0.05, 0.1) is 17.0 Å². The summed E-state index contributed by atoms with van der Waals surface area (Å²) in [4.78, 5) is 33.4. The van der Waals surface area contributed by atoms with Gasteiger partial charge in [0.2, 0.25) is 0 Å². The van der Waals surface area contributed by atoms with Crippen molar-refractivity contribution in [1.29, 1.82) is 0 Å². The highest BCUT2D eigenvalue weighted by atomic mass is 79.9. The molecule has 0 saturated carbocycles. The van der Waals surface area contributed by atoms with Crippen LogP contribution in [0.25, 0.3) is 6.08 Å². The van der Waals surface area contributed by atoms with Crippen LogP contribution in [0.1, 0.15) is 40.2 Å². The fourth-order valence-electron chi connectivity index (χ4n) is 1.66. The van der Waals surface area contributed by atoms with Gasteiger partial charge < -0.3 is 9.84 Å². The van der Waals surface area contributed by atoms with Crippen molar-refractivity contribution in [2.75, 3.05) is 6.61 Å². The molecule has 0 aliphatic carbocycles. The zero-order valence-corrected chi connectivity index (χ0v) is 13.2. The number of benzene rings is 1. The first-order valence-corrected chi connectivity index (χ1v) is 7.15. The van der Waals surface area contributed by atoms with Gasteiger partial charge in [-0.1, -0.05) is 28.1 Å². The predicted octanol–water partition coefficient (Wildman–Crippen LogP) is 2.99. The minimum Gasteiger partial charge on any atom is -0.478 e. The number of alkyl halides is 1. The van der Waals surface area contributed by atoms with Crippen molar-refractivity contribution in [2.45, 2.75) is 18.7 Å². The third-order valence-electron chi connectivity index (χ3n) is 2.63. The third kappa shape index (κ3) is 4.82. The van der Waals surface area contributed by atoms with Crippen LogP contribution >= 0.6 is 15.9 Å². The van der Waals surface area contributed by atoms with Gasteiger partial charge in [0.1, 0.15) is 5.78 Å². The molecule has 0 amide bonds. The number of hydrogen-bond donors (Lipinski definition) is 1. The van der Waals surface area contributed by atoms with Crippen molar-refractivity contribution < 1.29 is 24.2 Å². The van der Waals surface area contributed by atoms with Crippen LogP contribution in [0, 0.1) is 0 Å². The van der Waals surface area contributed by atoms with Crippen LogP contribution in [0.5, 0.6) is 0 Å². The minimum absolute atomic E-state index is 0.0985. The molecule has 1 rings (SSSR count). The van der Waals surface area contributed by atoms with Gasteiger partial charge in [-0.05, 0) is 37.1 Å². The van der Waals surface area contributed by atoms with Crippen molar-refractivity contribution in [2.24, 2.45) is 0 Å². The van der Waals surface area contributed by atoms with Crippen LogP contribution in [-0.4, -0.2) is 29.4 Å². The third-order valence-corrected chi connectivity index (χ3v) is 3.80. The van der Waals surface area contributed by atoms with Gasteiger partial charge in [0.15, 0.2) is 0 Å². The number of carboxylic acid groups (broad SMARTS) is 1. The number of carbonyl (C=O) groups excluding carboxylic acids is 2. The van der Waals surface area contributed by atoms with Crippen LogP contribution < -0.4 is 0 Å². The molecule has 1 unspecified atom stereocenters. The van der Waals surface area contributed by atoms with Gasteiger partial charge in [-0.2, -0.15) is 0 Å². The maximum Gasteiger partial charge on any atom is 0.338 e. The highest BCUT2D eigenvalue weighted by Gasteiger charge is 2.17. The molecule has 0 aliphatic rings. The molecule has 5 nitrogen and oxygen atoms in total. The predicted molar refractivity (Wildman–Crippen MR) is 81.4 cm³/mol. The SMILES string of the molecule is CCOC(=O)c1cc(C(Br)C(C)=O)ccc1/C=C/C(=O)O. The van der Waals surface area contributed by atoms with Crippen LogP contribution in [0.3, 0.4) is 0 Å². The Hall–Kier alpha value is -1.95. The monoisotopic (exact) mass is 354 g/mol. The maximum atomic E-state index is 12.0. The van der Waals surface area contributed by atoms with Gasteiger partial charge in [0, 0.05) is 6.08 Å². The molecule has 1 aromatic carbocycles. The van der Waals surface area contributed by atoms with E-state index in [0.717, 1.165) is 6.08 Å². The molecular formula is C15H15BrO5. The van der Waals surface area contributed by atoms with Crippen molar-refractivity contribution in [1.82, 2.24) is 0 Å². The standard InChI is InChI=1S/C15H15BrO5/c1-3-21-15(20)12-8-11(14(16)9(2)17)5-4-10(12)6-7-13(18)19/h4-8,14H,3H2,1-2H3,(H,18,19)/b7-6+. The molecule has 1 atom stereocenters. The topological polar surface area (TPSA) is 80.7 Å². The first-order chi connectivity index (χ1) is 9.86. The first kappa shape index (κ1) is 17.1. The Morgan fingerprint density at radius 2 is 2.05 bits per heavy atom. The largest absolute Gasteiger partial charge is 0.478 e. The Balaban J connectivity index is 3.28. The van der Waals surface area contributed by atoms with Crippen LogP contribution in [0.15, 0.2) is 24.3 Å². The number of rotatable bonds is 6. The summed E-state index contributed by atoms with van der Waals surface area (Å²) >= 11 is 3.25. The summed E-state index contributed by atoms with van der Waals surface area (Å²) in [6.07, 6.45) is 2.25. The maximum absolute atomic E-state index is 12.0. The molecule has 0 aliphatic heterocycles. The Bertz CT molecular complexity index is 592. The van der Waals surface area contributed by atoms with E-state index in [9.17, 15) is 14.4 Å². The number of Topliss-reactive ketones (excluding diaryl/α,β-unsaturated/α-hetero) is 1. The van der Waals surface area contributed by atoms with Crippen molar-refractivity contribution in [3.63, 3.8) is 0 Å². The highest BCUT2D eigenvalue weighted by molar-refractivity contribution is 9.09. The number of esters is 1. The lowest BCUT2D eigenvalue weighted by atomic mass is 10.0. The average Bonchev–Trinajstić information content (AvgIpc) is 2.44. The Morgan fingerprint density at radius 3 is 2.57 bits per heavy atom. The van der Waals surface area contributed by atoms with Gasteiger partial charge >= 0.3 is 11.9 Å². The number of halogens is 1. The van der Waals surface area contributed by atoms with E-state index in [4.69, 9.17) is 9.84 Å². The van der Waals surface area contributed by atoms with E-state index in [0.29, 0.717) is 11.1 Å². The molecule has 6 heteroatoms. The molecular weight excluding hydrogens is 340 g/mol. The number of hydrogen-bond acceptors (Lipinski definition) is 4. The molecule has 1 aromatic rings. The van der Waals surface area contributed by atoms with Crippen molar-refractivity contribution in [3.05, 3.63) is 41.0 Å². The minimum atomic E-state index is -1.11. The molecule has 1 N–H and O–H groups in total. The number of ether oxygens (including phenoxy) is 1. The highest BCUT2D eigenvalue weighted by Crippen LogP contribution is 2.26. The van der Waals surface area contributed by atoms with Gasteiger partial charge in [-0.3, -0.25) is 4.79 Å². The second kappa shape index (κ2) is 7.73. The van der Waals surface area contributed by atoms with Crippen molar-refractivity contribution >= 4 is 39.7 Å². The van der Waals surface area contributed by atoms with E-state index >= 15 is 0 Å².